The van der Waals surface area contributed by atoms with E-state index in [0.717, 1.165) is 29.5 Å². The molecule has 0 bridgehead atoms. The van der Waals surface area contributed by atoms with E-state index in [1.54, 1.807) is 12.5 Å². The highest BCUT2D eigenvalue weighted by atomic mass is 16.3. The van der Waals surface area contributed by atoms with Crippen LogP contribution in [0.3, 0.4) is 0 Å². The van der Waals surface area contributed by atoms with Crippen LogP contribution >= 0.6 is 0 Å². The Labute approximate surface area is 83.3 Å². The van der Waals surface area contributed by atoms with Gasteiger partial charge in [-0.15, -0.1) is 0 Å². The zero-order valence-corrected chi connectivity index (χ0v) is 8.23. The Morgan fingerprint density at radius 1 is 1.43 bits per heavy atom. The van der Waals surface area contributed by atoms with E-state index in [-0.39, 0.29) is 0 Å². The lowest BCUT2D eigenvalue weighted by Crippen LogP contribution is -1.79. The summed E-state index contributed by atoms with van der Waals surface area (Å²) in [5.41, 5.74) is 1.89. The third-order valence-electron chi connectivity index (χ3n) is 2.14. The SMILES string of the molecule is CCCC=Cc1nccc2occc12. The zero-order chi connectivity index (χ0) is 9.80. The number of pyridine rings is 1. The van der Waals surface area contributed by atoms with Crippen LogP contribution in [0.15, 0.2) is 35.1 Å². The summed E-state index contributed by atoms with van der Waals surface area (Å²) in [5.74, 6) is 0. The van der Waals surface area contributed by atoms with E-state index >= 15 is 0 Å². The lowest BCUT2D eigenvalue weighted by atomic mass is 10.2. The van der Waals surface area contributed by atoms with Crippen LogP contribution in [-0.4, -0.2) is 4.98 Å². The predicted molar refractivity (Wildman–Crippen MR) is 58.0 cm³/mol. The molecule has 2 rings (SSSR count). The van der Waals surface area contributed by atoms with Crippen LogP contribution in [0.1, 0.15) is 25.5 Å². The minimum Gasteiger partial charge on any atom is -0.464 e. The molecule has 2 nitrogen and oxygen atoms in total. The average Bonchev–Trinajstić information content (AvgIpc) is 2.67. The summed E-state index contributed by atoms with van der Waals surface area (Å²) >= 11 is 0. The van der Waals surface area contributed by atoms with Crippen molar-refractivity contribution < 1.29 is 4.42 Å². The first-order chi connectivity index (χ1) is 6.92. The van der Waals surface area contributed by atoms with Crippen LogP contribution in [0, 0.1) is 0 Å². The highest BCUT2D eigenvalue weighted by molar-refractivity contribution is 5.84. The van der Waals surface area contributed by atoms with Gasteiger partial charge in [-0.2, -0.15) is 0 Å². The Bertz CT molecular complexity index is 442. The first kappa shape index (κ1) is 9.00. The fourth-order valence-electron chi connectivity index (χ4n) is 1.41. The molecule has 0 atom stereocenters. The topological polar surface area (TPSA) is 26.0 Å². The monoisotopic (exact) mass is 187 g/mol. The van der Waals surface area contributed by atoms with Gasteiger partial charge in [-0.1, -0.05) is 19.4 Å². The molecule has 2 aromatic heterocycles. The van der Waals surface area contributed by atoms with Crippen LogP contribution in [-0.2, 0) is 0 Å². The number of unbranched alkanes of at least 4 members (excludes halogenated alkanes) is 1. The summed E-state index contributed by atoms with van der Waals surface area (Å²) < 4.78 is 5.29. The largest absolute Gasteiger partial charge is 0.464 e. The van der Waals surface area contributed by atoms with Crippen molar-refractivity contribution >= 4 is 17.0 Å². The molecule has 0 spiro atoms. The minimum atomic E-state index is 0.899. The number of nitrogens with zero attached hydrogens (tertiary/aromatic N) is 1. The fourth-order valence-corrected chi connectivity index (χ4v) is 1.41. The smallest absolute Gasteiger partial charge is 0.137 e. The lowest BCUT2D eigenvalue weighted by Gasteiger charge is -1.93. The Morgan fingerprint density at radius 2 is 2.36 bits per heavy atom. The maximum absolute atomic E-state index is 5.29. The predicted octanol–water partition coefficient (Wildman–Crippen LogP) is 3.64. The van der Waals surface area contributed by atoms with Gasteiger partial charge in [-0.05, 0) is 24.6 Å². The van der Waals surface area contributed by atoms with Crippen molar-refractivity contribution in [1.29, 1.82) is 0 Å². The minimum absolute atomic E-state index is 0.899. The highest BCUT2D eigenvalue weighted by Gasteiger charge is 2.00. The Balaban J connectivity index is 2.36. The summed E-state index contributed by atoms with van der Waals surface area (Å²) in [5, 5.41) is 1.08. The molecule has 0 fully saturated rings. The Morgan fingerprint density at radius 3 is 3.21 bits per heavy atom. The van der Waals surface area contributed by atoms with Gasteiger partial charge < -0.3 is 4.42 Å². The molecule has 0 aliphatic carbocycles. The number of furan rings is 1. The average molecular weight is 187 g/mol. The first-order valence-corrected chi connectivity index (χ1v) is 4.90. The Kier molecular flexibility index (Phi) is 2.63. The number of hydrogen-bond acceptors (Lipinski definition) is 2. The number of fused-ring (bicyclic) bond motifs is 1. The molecule has 72 valence electrons. The second-order valence-electron chi connectivity index (χ2n) is 3.22. The van der Waals surface area contributed by atoms with Gasteiger partial charge in [0.1, 0.15) is 5.58 Å². The third-order valence-corrected chi connectivity index (χ3v) is 2.14. The van der Waals surface area contributed by atoms with Gasteiger partial charge in [0, 0.05) is 11.6 Å². The van der Waals surface area contributed by atoms with E-state index in [0.29, 0.717) is 0 Å². The van der Waals surface area contributed by atoms with E-state index in [1.807, 2.05) is 12.1 Å². The van der Waals surface area contributed by atoms with Gasteiger partial charge in [-0.25, -0.2) is 0 Å². The molecule has 2 heteroatoms. The van der Waals surface area contributed by atoms with Crippen molar-refractivity contribution in [2.45, 2.75) is 19.8 Å². The Hall–Kier alpha value is -1.57. The first-order valence-electron chi connectivity index (χ1n) is 4.90. The summed E-state index contributed by atoms with van der Waals surface area (Å²) in [6, 6.07) is 3.83. The number of rotatable bonds is 3. The molecule has 2 aromatic rings. The van der Waals surface area contributed by atoms with Crippen molar-refractivity contribution in [3.05, 3.63) is 36.4 Å². The van der Waals surface area contributed by atoms with Crippen molar-refractivity contribution in [1.82, 2.24) is 4.98 Å². The molecule has 0 saturated carbocycles. The van der Waals surface area contributed by atoms with E-state index in [4.69, 9.17) is 4.42 Å². The third kappa shape index (κ3) is 1.69. The summed E-state index contributed by atoms with van der Waals surface area (Å²) in [6.07, 6.45) is 9.94. The van der Waals surface area contributed by atoms with Gasteiger partial charge in [0.15, 0.2) is 0 Å². The van der Waals surface area contributed by atoms with Crippen molar-refractivity contribution in [2.75, 3.05) is 0 Å². The van der Waals surface area contributed by atoms with Crippen molar-refractivity contribution in [3.8, 4) is 0 Å². The molecule has 0 aliphatic heterocycles. The quantitative estimate of drug-likeness (QED) is 0.733. The maximum atomic E-state index is 5.29. The van der Waals surface area contributed by atoms with Gasteiger partial charge >= 0.3 is 0 Å². The molecule has 2 heterocycles. The van der Waals surface area contributed by atoms with E-state index in [2.05, 4.69) is 24.1 Å². The number of aromatic nitrogens is 1. The standard InChI is InChI=1S/C12H13NO/c1-2-3-4-5-11-10-7-9-14-12(10)6-8-13-11/h4-9H,2-3H2,1H3. The number of allylic oxidation sites excluding steroid dienone is 1. The van der Waals surface area contributed by atoms with E-state index < -0.39 is 0 Å². The highest BCUT2D eigenvalue weighted by Crippen LogP contribution is 2.18. The molecule has 0 saturated heterocycles. The lowest BCUT2D eigenvalue weighted by molar-refractivity contribution is 0.615. The molecule has 0 aliphatic rings. The molecule has 14 heavy (non-hydrogen) atoms. The van der Waals surface area contributed by atoms with E-state index in [9.17, 15) is 0 Å². The fraction of sp³-hybridized carbons (Fsp3) is 0.250. The van der Waals surface area contributed by atoms with E-state index in [1.165, 1.54) is 0 Å². The zero-order valence-electron chi connectivity index (χ0n) is 8.23. The van der Waals surface area contributed by atoms with Gasteiger partial charge in [0.25, 0.3) is 0 Å². The number of hydrogen-bond donors (Lipinski definition) is 0. The van der Waals surface area contributed by atoms with Gasteiger partial charge in [0.2, 0.25) is 0 Å². The summed E-state index contributed by atoms with van der Waals surface area (Å²) in [6.45, 7) is 2.16. The van der Waals surface area contributed by atoms with Gasteiger partial charge in [-0.3, -0.25) is 4.98 Å². The maximum Gasteiger partial charge on any atom is 0.137 e. The van der Waals surface area contributed by atoms with Crippen LogP contribution in [0.25, 0.3) is 17.0 Å². The summed E-state index contributed by atoms with van der Waals surface area (Å²) in [7, 11) is 0. The molecule has 0 aromatic carbocycles. The van der Waals surface area contributed by atoms with Crippen LogP contribution < -0.4 is 0 Å². The van der Waals surface area contributed by atoms with Crippen molar-refractivity contribution in [2.24, 2.45) is 0 Å². The molecular weight excluding hydrogens is 174 g/mol. The molecule has 0 unspecified atom stereocenters. The van der Waals surface area contributed by atoms with Crippen LogP contribution in [0.2, 0.25) is 0 Å². The summed E-state index contributed by atoms with van der Waals surface area (Å²) in [4.78, 5) is 4.30. The molecule has 0 amide bonds. The van der Waals surface area contributed by atoms with Crippen LogP contribution in [0.4, 0.5) is 0 Å². The van der Waals surface area contributed by atoms with Crippen LogP contribution in [0.5, 0.6) is 0 Å². The molecular formula is C12H13NO. The second-order valence-corrected chi connectivity index (χ2v) is 3.22. The molecule has 0 N–H and O–H groups in total. The normalized spacial score (nSPS) is 11.5. The van der Waals surface area contributed by atoms with Gasteiger partial charge in [0.05, 0.1) is 12.0 Å². The molecule has 0 radical (unpaired) electrons. The second kappa shape index (κ2) is 4.09. The van der Waals surface area contributed by atoms with Crippen molar-refractivity contribution in [3.63, 3.8) is 0 Å².